The molecule has 2 aliphatic rings. The first-order valence-corrected chi connectivity index (χ1v) is 11.3. The van der Waals surface area contributed by atoms with Crippen molar-refractivity contribution in [3.05, 3.63) is 46.4 Å². The highest BCUT2D eigenvalue weighted by Gasteiger charge is 2.22. The Morgan fingerprint density at radius 1 is 1.14 bits per heavy atom. The molecule has 0 radical (unpaired) electrons. The molecule has 0 bridgehead atoms. The van der Waals surface area contributed by atoms with Crippen LogP contribution in [-0.2, 0) is 14.8 Å². The molecule has 1 amide bonds. The summed E-state index contributed by atoms with van der Waals surface area (Å²) in [5.41, 5.74) is 0.707. The Labute approximate surface area is 176 Å². The highest BCUT2D eigenvalue weighted by molar-refractivity contribution is 9.10. The second kappa shape index (κ2) is 8.31. The van der Waals surface area contributed by atoms with Gasteiger partial charge in [0.1, 0.15) is 0 Å². The number of sulfonamides is 1. The lowest BCUT2D eigenvalue weighted by atomic mass is 10.2. The van der Waals surface area contributed by atoms with Gasteiger partial charge >= 0.3 is 0 Å². The van der Waals surface area contributed by atoms with E-state index in [1.54, 1.807) is 18.2 Å². The van der Waals surface area contributed by atoms with Crippen molar-refractivity contribution in [3.8, 4) is 11.5 Å². The number of ether oxygens (including phenoxy) is 3. The number of carbonyl (C=O) groups is 1. The fourth-order valence-corrected chi connectivity index (χ4v) is 4.63. The molecule has 0 spiro atoms. The zero-order valence-corrected chi connectivity index (χ0v) is 17.7. The molecule has 1 atom stereocenters. The summed E-state index contributed by atoms with van der Waals surface area (Å²) in [5, 5.41) is 2.74. The van der Waals surface area contributed by atoms with Crippen LogP contribution < -0.4 is 19.5 Å². The molecule has 8 nitrogen and oxygen atoms in total. The minimum atomic E-state index is -3.77. The highest BCUT2D eigenvalue weighted by atomic mass is 79.9. The Morgan fingerprint density at radius 3 is 2.76 bits per heavy atom. The van der Waals surface area contributed by atoms with Crippen LogP contribution in [0.4, 0.5) is 5.69 Å². The maximum absolute atomic E-state index is 12.7. The van der Waals surface area contributed by atoms with Crippen molar-refractivity contribution >= 4 is 37.5 Å². The van der Waals surface area contributed by atoms with E-state index in [1.165, 1.54) is 18.2 Å². The average Bonchev–Trinajstić information content (AvgIpc) is 3.38. The quantitative estimate of drug-likeness (QED) is 0.655. The normalized spacial score (nSPS) is 18.0. The molecule has 0 aliphatic carbocycles. The molecule has 2 heterocycles. The summed E-state index contributed by atoms with van der Waals surface area (Å²) in [4.78, 5) is 12.7. The molecule has 0 saturated carbocycles. The first-order valence-electron chi connectivity index (χ1n) is 9.04. The zero-order valence-electron chi connectivity index (χ0n) is 15.3. The third-order valence-electron chi connectivity index (χ3n) is 4.65. The summed E-state index contributed by atoms with van der Waals surface area (Å²) in [6, 6.07) is 9.35. The van der Waals surface area contributed by atoms with Crippen molar-refractivity contribution < 1.29 is 27.4 Å². The van der Waals surface area contributed by atoms with E-state index in [4.69, 9.17) is 14.2 Å². The largest absolute Gasteiger partial charge is 0.454 e. The van der Waals surface area contributed by atoms with Crippen LogP contribution in [-0.4, -0.2) is 40.4 Å². The van der Waals surface area contributed by atoms with Gasteiger partial charge in [-0.15, -0.1) is 0 Å². The van der Waals surface area contributed by atoms with E-state index in [0.717, 1.165) is 12.8 Å². The van der Waals surface area contributed by atoms with Gasteiger partial charge in [0.05, 0.1) is 16.6 Å². The molecule has 1 fully saturated rings. The van der Waals surface area contributed by atoms with Crippen LogP contribution >= 0.6 is 15.9 Å². The molecular formula is C19H19BrN2O6S. The standard InChI is InChI=1S/C19H19BrN2O6S/c20-16-5-4-14(29(24,25)21-10-13-2-1-7-26-13)9-15(16)19(23)22-12-3-6-17-18(8-12)28-11-27-17/h3-6,8-9,13,21H,1-2,7,10-11H2,(H,22,23)/t13-/m0/s1. The highest BCUT2D eigenvalue weighted by Crippen LogP contribution is 2.34. The smallest absolute Gasteiger partial charge is 0.256 e. The molecule has 2 aromatic carbocycles. The number of halogens is 1. The van der Waals surface area contributed by atoms with Gasteiger partial charge in [-0.2, -0.15) is 0 Å². The van der Waals surface area contributed by atoms with Gasteiger partial charge in [-0.25, -0.2) is 13.1 Å². The first kappa shape index (κ1) is 20.1. The zero-order chi connectivity index (χ0) is 20.4. The van der Waals surface area contributed by atoms with E-state index >= 15 is 0 Å². The van der Waals surface area contributed by atoms with Crippen LogP contribution in [0.1, 0.15) is 23.2 Å². The summed E-state index contributed by atoms with van der Waals surface area (Å²) in [5.74, 6) is 0.693. The van der Waals surface area contributed by atoms with Crippen molar-refractivity contribution in [1.82, 2.24) is 4.72 Å². The van der Waals surface area contributed by atoms with Crippen molar-refractivity contribution in [1.29, 1.82) is 0 Å². The van der Waals surface area contributed by atoms with Crippen LogP contribution in [0.5, 0.6) is 11.5 Å². The molecule has 0 unspecified atom stereocenters. The summed E-state index contributed by atoms with van der Waals surface area (Å²) in [7, 11) is -3.77. The van der Waals surface area contributed by atoms with Gasteiger partial charge < -0.3 is 19.5 Å². The topological polar surface area (TPSA) is 103 Å². The molecule has 29 heavy (non-hydrogen) atoms. The van der Waals surface area contributed by atoms with Crippen LogP contribution in [0.2, 0.25) is 0 Å². The van der Waals surface area contributed by atoms with Gasteiger partial charge in [-0.05, 0) is 59.1 Å². The SMILES string of the molecule is O=C(Nc1ccc2c(c1)OCO2)c1cc(S(=O)(=O)NC[C@@H]2CCCO2)ccc1Br. The molecule has 2 aliphatic heterocycles. The summed E-state index contributed by atoms with van der Waals surface area (Å²) in [6.45, 7) is 0.989. The van der Waals surface area contributed by atoms with E-state index < -0.39 is 15.9 Å². The second-order valence-corrected chi connectivity index (χ2v) is 9.27. The maximum atomic E-state index is 12.7. The molecular weight excluding hydrogens is 464 g/mol. The Morgan fingerprint density at radius 2 is 1.97 bits per heavy atom. The molecule has 0 aromatic heterocycles. The number of amides is 1. The van der Waals surface area contributed by atoms with Crippen LogP contribution in [0, 0.1) is 0 Å². The third kappa shape index (κ3) is 4.55. The summed E-state index contributed by atoms with van der Waals surface area (Å²) < 4.78 is 44.3. The first-order chi connectivity index (χ1) is 13.9. The fourth-order valence-electron chi connectivity index (χ4n) is 3.11. The molecule has 10 heteroatoms. The van der Waals surface area contributed by atoms with Crippen LogP contribution in [0.15, 0.2) is 45.8 Å². The molecule has 2 N–H and O–H groups in total. The maximum Gasteiger partial charge on any atom is 0.256 e. The van der Waals surface area contributed by atoms with Crippen LogP contribution in [0.3, 0.4) is 0 Å². The van der Waals surface area contributed by atoms with Crippen molar-refractivity contribution in [3.63, 3.8) is 0 Å². The monoisotopic (exact) mass is 482 g/mol. The van der Waals surface area contributed by atoms with E-state index in [2.05, 4.69) is 26.0 Å². The predicted octanol–water partition coefficient (Wildman–Crippen LogP) is 2.89. The lowest BCUT2D eigenvalue weighted by Gasteiger charge is -2.13. The predicted molar refractivity (Wildman–Crippen MR) is 109 cm³/mol. The summed E-state index contributed by atoms with van der Waals surface area (Å²) in [6.07, 6.45) is 1.63. The third-order valence-corrected chi connectivity index (χ3v) is 6.76. The lowest BCUT2D eigenvalue weighted by molar-refractivity contribution is 0.102. The number of fused-ring (bicyclic) bond motifs is 1. The van der Waals surface area contributed by atoms with Crippen LogP contribution in [0.25, 0.3) is 0 Å². The lowest BCUT2D eigenvalue weighted by Crippen LogP contribution is -2.32. The van der Waals surface area contributed by atoms with E-state index in [-0.39, 0.29) is 29.9 Å². The van der Waals surface area contributed by atoms with E-state index in [1.807, 2.05) is 0 Å². The van der Waals surface area contributed by atoms with Crippen molar-refractivity contribution in [2.75, 3.05) is 25.3 Å². The minimum Gasteiger partial charge on any atom is -0.454 e. The number of hydrogen-bond donors (Lipinski definition) is 2. The minimum absolute atomic E-state index is 0.00883. The average molecular weight is 483 g/mol. The van der Waals surface area contributed by atoms with Gasteiger partial charge in [0, 0.05) is 29.4 Å². The van der Waals surface area contributed by atoms with Gasteiger partial charge in [0.2, 0.25) is 16.8 Å². The number of carbonyl (C=O) groups excluding carboxylic acids is 1. The molecule has 154 valence electrons. The number of nitrogens with one attached hydrogen (secondary N) is 2. The second-order valence-electron chi connectivity index (χ2n) is 6.65. The Hall–Kier alpha value is -2.14. The van der Waals surface area contributed by atoms with Crippen molar-refractivity contribution in [2.45, 2.75) is 23.8 Å². The van der Waals surface area contributed by atoms with Gasteiger partial charge in [-0.3, -0.25) is 4.79 Å². The Balaban J connectivity index is 1.50. The molecule has 4 rings (SSSR count). The molecule has 1 saturated heterocycles. The van der Waals surface area contributed by atoms with Crippen molar-refractivity contribution in [2.24, 2.45) is 0 Å². The van der Waals surface area contributed by atoms with E-state index in [0.29, 0.717) is 28.3 Å². The molecule has 2 aromatic rings. The van der Waals surface area contributed by atoms with Gasteiger partial charge in [0.15, 0.2) is 11.5 Å². The summed E-state index contributed by atoms with van der Waals surface area (Å²) >= 11 is 3.31. The van der Waals surface area contributed by atoms with Gasteiger partial charge in [0.25, 0.3) is 5.91 Å². The number of anilines is 1. The van der Waals surface area contributed by atoms with Gasteiger partial charge in [-0.1, -0.05) is 0 Å². The Kier molecular flexibility index (Phi) is 5.77. The fraction of sp³-hybridized carbons (Fsp3) is 0.316. The number of hydrogen-bond acceptors (Lipinski definition) is 6. The number of benzene rings is 2. The number of rotatable bonds is 6. The Bertz CT molecular complexity index is 1040. The van der Waals surface area contributed by atoms with E-state index in [9.17, 15) is 13.2 Å².